The molecule has 1 heterocycles. The summed E-state index contributed by atoms with van der Waals surface area (Å²) in [5, 5.41) is 0.379. The molecule has 19 heavy (non-hydrogen) atoms. The quantitative estimate of drug-likeness (QED) is 0.809. The molecule has 0 bridgehead atoms. The predicted octanol–water partition coefficient (Wildman–Crippen LogP) is 2.26. The summed E-state index contributed by atoms with van der Waals surface area (Å²) in [4.78, 5) is 23.9. The number of methoxy groups -OCH3 is 1. The number of nitrogens with zero attached hydrogens (tertiary/aromatic N) is 1. The van der Waals surface area contributed by atoms with E-state index in [1.165, 1.54) is 30.0 Å². The summed E-state index contributed by atoms with van der Waals surface area (Å²) in [6.07, 6.45) is 1.43. The van der Waals surface area contributed by atoms with E-state index in [0.717, 1.165) is 0 Å². The van der Waals surface area contributed by atoms with Crippen LogP contribution < -0.4 is 5.56 Å². The molecule has 0 saturated heterocycles. The van der Waals surface area contributed by atoms with Gasteiger partial charge in [-0.1, -0.05) is 41.9 Å². The smallest absolute Gasteiger partial charge is 0.333 e. The van der Waals surface area contributed by atoms with Crippen LogP contribution in [0.1, 0.15) is 11.6 Å². The summed E-state index contributed by atoms with van der Waals surface area (Å²) in [6.45, 7) is 0. The molecule has 2 rings (SSSR count). The lowest BCUT2D eigenvalue weighted by molar-refractivity contribution is -0.143. The average Bonchev–Trinajstić information content (AvgIpc) is 2.44. The first-order valence-corrected chi connectivity index (χ1v) is 6.01. The van der Waals surface area contributed by atoms with Gasteiger partial charge >= 0.3 is 5.97 Å². The van der Waals surface area contributed by atoms with Gasteiger partial charge in [-0.25, -0.2) is 4.79 Å². The average molecular weight is 278 g/mol. The van der Waals surface area contributed by atoms with Gasteiger partial charge in [-0.05, 0) is 11.6 Å². The second-order valence-corrected chi connectivity index (χ2v) is 4.37. The topological polar surface area (TPSA) is 48.3 Å². The maximum absolute atomic E-state index is 12.0. The van der Waals surface area contributed by atoms with Crippen LogP contribution in [0.4, 0.5) is 0 Å². The van der Waals surface area contributed by atoms with Crippen LogP contribution in [-0.4, -0.2) is 17.6 Å². The molecular formula is C14H12ClNO3. The number of hydrogen-bond donors (Lipinski definition) is 0. The van der Waals surface area contributed by atoms with E-state index in [1.54, 1.807) is 24.3 Å². The second kappa shape index (κ2) is 5.71. The second-order valence-electron chi connectivity index (χ2n) is 3.93. The van der Waals surface area contributed by atoms with Gasteiger partial charge in [-0.3, -0.25) is 9.36 Å². The Morgan fingerprint density at radius 1 is 1.21 bits per heavy atom. The molecule has 0 aliphatic heterocycles. The fourth-order valence-corrected chi connectivity index (χ4v) is 2.00. The fourth-order valence-electron chi connectivity index (χ4n) is 1.84. The molecule has 5 heteroatoms. The number of ether oxygens (including phenoxy) is 1. The summed E-state index contributed by atoms with van der Waals surface area (Å²) < 4.78 is 6.04. The van der Waals surface area contributed by atoms with E-state index in [4.69, 9.17) is 16.3 Å². The molecule has 0 saturated carbocycles. The van der Waals surface area contributed by atoms with Gasteiger partial charge in [-0.2, -0.15) is 0 Å². The third kappa shape index (κ3) is 2.85. The Morgan fingerprint density at radius 2 is 1.89 bits per heavy atom. The first-order chi connectivity index (χ1) is 9.13. The lowest BCUT2D eigenvalue weighted by Crippen LogP contribution is -2.30. The highest BCUT2D eigenvalue weighted by Gasteiger charge is 2.24. The van der Waals surface area contributed by atoms with E-state index >= 15 is 0 Å². The molecule has 0 N–H and O–H groups in total. The number of carbonyl (C=O) groups excluding carboxylic acids is 1. The molecule has 4 nitrogen and oxygen atoms in total. The van der Waals surface area contributed by atoms with Crippen molar-refractivity contribution in [2.75, 3.05) is 7.11 Å². The number of esters is 1. The monoisotopic (exact) mass is 277 g/mol. The summed E-state index contributed by atoms with van der Waals surface area (Å²) in [7, 11) is 1.29. The van der Waals surface area contributed by atoms with Crippen molar-refractivity contribution in [1.29, 1.82) is 0 Å². The van der Waals surface area contributed by atoms with E-state index in [-0.39, 0.29) is 5.56 Å². The van der Waals surface area contributed by atoms with Crippen molar-refractivity contribution in [3.8, 4) is 0 Å². The van der Waals surface area contributed by atoms with Crippen LogP contribution >= 0.6 is 11.6 Å². The molecule has 0 radical (unpaired) electrons. The van der Waals surface area contributed by atoms with Crippen LogP contribution in [0.2, 0.25) is 5.02 Å². The number of pyridine rings is 1. The predicted molar refractivity (Wildman–Crippen MR) is 72.3 cm³/mol. The first-order valence-electron chi connectivity index (χ1n) is 5.64. The van der Waals surface area contributed by atoms with Crippen molar-refractivity contribution in [2.24, 2.45) is 0 Å². The highest BCUT2D eigenvalue weighted by Crippen LogP contribution is 2.19. The van der Waals surface area contributed by atoms with E-state index in [0.29, 0.717) is 10.6 Å². The van der Waals surface area contributed by atoms with Gasteiger partial charge in [0.15, 0.2) is 6.04 Å². The molecule has 1 aromatic heterocycles. The highest BCUT2D eigenvalue weighted by atomic mass is 35.5. The third-order valence-corrected chi connectivity index (χ3v) is 2.94. The number of benzene rings is 1. The molecule has 0 amide bonds. The van der Waals surface area contributed by atoms with Crippen LogP contribution in [0.3, 0.4) is 0 Å². The minimum Gasteiger partial charge on any atom is -0.467 e. The first kappa shape index (κ1) is 13.4. The van der Waals surface area contributed by atoms with Gasteiger partial charge in [0, 0.05) is 12.3 Å². The Kier molecular flexibility index (Phi) is 4.02. The molecule has 0 spiro atoms. The maximum atomic E-state index is 12.0. The number of hydrogen-bond acceptors (Lipinski definition) is 3. The van der Waals surface area contributed by atoms with Crippen molar-refractivity contribution in [2.45, 2.75) is 6.04 Å². The van der Waals surface area contributed by atoms with Gasteiger partial charge < -0.3 is 4.74 Å². The number of carbonyl (C=O) groups is 1. The zero-order valence-corrected chi connectivity index (χ0v) is 11.0. The van der Waals surface area contributed by atoms with Crippen molar-refractivity contribution in [1.82, 2.24) is 4.57 Å². The van der Waals surface area contributed by atoms with Crippen LogP contribution in [0.15, 0.2) is 53.5 Å². The van der Waals surface area contributed by atoms with E-state index in [2.05, 4.69) is 0 Å². The van der Waals surface area contributed by atoms with Gasteiger partial charge in [0.1, 0.15) is 0 Å². The summed E-state index contributed by atoms with van der Waals surface area (Å²) in [5.41, 5.74) is 0.349. The van der Waals surface area contributed by atoms with Crippen LogP contribution in [0, 0.1) is 0 Å². The molecule has 0 fully saturated rings. The Hall–Kier alpha value is -2.07. The molecular weight excluding hydrogens is 266 g/mol. The lowest BCUT2D eigenvalue weighted by Gasteiger charge is -2.18. The molecule has 1 unspecified atom stereocenters. The zero-order valence-electron chi connectivity index (χ0n) is 10.2. The SMILES string of the molecule is COC(=O)C(c1ccccc1)n1cc(Cl)ccc1=O. The third-order valence-electron chi connectivity index (χ3n) is 2.72. The normalized spacial score (nSPS) is 11.9. The Morgan fingerprint density at radius 3 is 2.53 bits per heavy atom. The fraction of sp³-hybridized carbons (Fsp3) is 0.143. The largest absolute Gasteiger partial charge is 0.467 e. The van der Waals surface area contributed by atoms with Gasteiger partial charge in [0.25, 0.3) is 5.56 Å². The van der Waals surface area contributed by atoms with Crippen molar-refractivity contribution < 1.29 is 9.53 Å². The molecule has 2 aromatic rings. The van der Waals surface area contributed by atoms with Crippen LogP contribution in [0.25, 0.3) is 0 Å². The van der Waals surface area contributed by atoms with Crippen molar-refractivity contribution in [3.05, 3.63) is 69.6 Å². The van der Waals surface area contributed by atoms with Gasteiger partial charge in [-0.15, -0.1) is 0 Å². The van der Waals surface area contributed by atoms with Crippen molar-refractivity contribution >= 4 is 17.6 Å². The maximum Gasteiger partial charge on any atom is 0.333 e. The van der Waals surface area contributed by atoms with Gasteiger partial charge in [0.2, 0.25) is 0 Å². The summed E-state index contributed by atoms with van der Waals surface area (Å²) >= 11 is 5.88. The minimum absolute atomic E-state index is 0.316. The zero-order chi connectivity index (χ0) is 13.8. The molecule has 1 aromatic carbocycles. The number of halogens is 1. The lowest BCUT2D eigenvalue weighted by atomic mass is 10.1. The summed E-state index contributed by atoms with van der Waals surface area (Å²) in [6, 6.07) is 10.9. The van der Waals surface area contributed by atoms with Crippen LogP contribution in [0.5, 0.6) is 0 Å². The van der Waals surface area contributed by atoms with Crippen LogP contribution in [-0.2, 0) is 9.53 Å². The highest BCUT2D eigenvalue weighted by molar-refractivity contribution is 6.30. The molecule has 1 atom stereocenters. The summed E-state index contributed by atoms with van der Waals surface area (Å²) in [5.74, 6) is -0.518. The standard InChI is InChI=1S/C14H12ClNO3/c1-19-14(18)13(10-5-3-2-4-6-10)16-9-11(15)7-8-12(16)17/h2-9,13H,1H3. The Bertz CT molecular complexity index is 637. The van der Waals surface area contributed by atoms with E-state index in [9.17, 15) is 9.59 Å². The van der Waals surface area contributed by atoms with Crippen molar-refractivity contribution in [3.63, 3.8) is 0 Å². The number of aromatic nitrogens is 1. The Balaban J connectivity index is 2.59. The number of rotatable bonds is 3. The van der Waals surface area contributed by atoms with E-state index < -0.39 is 12.0 Å². The molecule has 98 valence electrons. The van der Waals surface area contributed by atoms with E-state index in [1.807, 2.05) is 6.07 Å². The molecule has 0 aliphatic carbocycles. The Labute approximate surface area is 115 Å². The minimum atomic E-state index is -0.836. The van der Waals surface area contributed by atoms with Gasteiger partial charge in [0.05, 0.1) is 12.1 Å². The molecule has 0 aliphatic rings.